The number of pyridine rings is 1. The number of benzene rings is 2. The van der Waals surface area contributed by atoms with Gasteiger partial charge in [0.15, 0.2) is 11.6 Å². The zero-order valence-corrected chi connectivity index (χ0v) is 26.9. The third-order valence-electron chi connectivity index (χ3n) is 10.4. The van der Waals surface area contributed by atoms with Crippen molar-refractivity contribution < 1.29 is 20.1 Å². The Morgan fingerprint density at radius 3 is 2.02 bits per heavy atom. The number of hydrogen-bond acceptors (Lipinski definition) is 4. The van der Waals surface area contributed by atoms with Crippen LogP contribution in [0.15, 0.2) is 60.8 Å². The molecule has 0 atom stereocenters. The van der Waals surface area contributed by atoms with Crippen molar-refractivity contribution in [2.24, 2.45) is 5.41 Å². The summed E-state index contributed by atoms with van der Waals surface area (Å²) in [4.78, 5) is 19.7. The number of nitrogens with zero attached hydrogens (tertiary/aromatic N) is 4. The van der Waals surface area contributed by atoms with E-state index in [1.807, 2.05) is 24.4 Å². The van der Waals surface area contributed by atoms with Crippen LogP contribution >= 0.6 is 0 Å². The first-order valence-corrected chi connectivity index (χ1v) is 14.4. The van der Waals surface area contributed by atoms with Crippen LogP contribution in [0.25, 0.3) is 34.0 Å². The van der Waals surface area contributed by atoms with Gasteiger partial charge in [-0.25, -0.2) is 15.0 Å². The third kappa shape index (κ3) is 4.65. The summed E-state index contributed by atoms with van der Waals surface area (Å²) in [5.74, 6) is 2.76. The Morgan fingerprint density at radius 1 is 0.725 bits per heavy atom. The smallest absolute Gasteiger partial charge is 0.165 e. The Hall–Kier alpha value is -2.75. The van der Waals surface area contributed by atoms with Gasteiger partial charge in [0.2, 0.25) is 0 Å². The summed E-state index contributed by atoms with van der Waals surface area (Å²) < 4.78 is 0. The predicted octanol–water partition coefficient (Wildman–Crippen LogP) is 8.71. The Morgan fingerprint density at radius 2 is 1.38 bits per heavy atom. The van der Waals surface area contributed by atoms with Crippen LogP contribution in [0.4, 0.5) is 0 Å². The minimum absolute atomic E-state index is 0. The fourth-order valence-corrected chi connectivity index (χ4v) is 6.59. The molecule has 0 aliphatic heterocycles. The van der Waals surface area contributed by atoms with E-state index in [-0.39, 0.29) is 36.4 Å². The molecule has 0 saturated heterocycles. The molecule has 0 unspecified atom stereocenters. The molecule has 209 valence electrons. The van der Waals surface area contributed by atoms with Gasteiger partial charge in [0.1, 0.15) is 5.82 Å². The van der Waals surface area contributed by atoms with Gasteiger partial charge in [-0.15, -0.1) is 34.9 Å². The molecule has 2 aliphatic carbocycles. The largest absolute Gasteiger partial charge is 0.304 e. The van der Waals surface area contributed by atoms with Gasteiger partial charge in [-0.2, -0.15) is 0 Å². The summed E-state index contributed by atoms with van der Waals surface area (Å²) in [7, 11) is 0. The summed E-state index contributed by atoms with van der Waals surface area (Å²) in [6.07, 6.45) is 7.98. The Labute approximate surface area is 252 Å². The van der Waals surface area contributed by atoms with Gasteiger partial charge in [0, 0.05) is 43.3 Å². The van der Waals surface area contributed by atoms with Crippen molar-refractivity contribution >= 4 is 0 Å². The molecule has 5 heteroatoms. The van der Waals surface area contributed by atoms with Crippen LogP contribution in [-0.2, 0) is 30.9 Å². The molecule has 1 saturated carbocycles. The molecule has 2 heterocycles. The molecule has 40 heavy (non-hydrogen) atoms. The van der Waals surface area contributed by atoms with E-state index in [2.05, 4.69) is 84.0 Å². The van der Waals surface area contributed by atoms with Crippen molar-refractivity contribution in [3.05, 3.63) is 83.8 Å². The van der Waals surface area contributed by atoms with E-state index in [0.717, 1.165) is 46.9 Å². The molecule has 2 aliphatic rings. The molecular weight excluding hydrogens is 669 g/mol. The van der Waals surface area contributed by atoms with Crippen LogP contribution in [0.1, 0.15) is 96.5 Å². The molecule has 4 nitrogen and oxygen atoms in total. The van der Waals surface area contributed by atoms with E-state index >= 15 is 0 Å². The molecule has 4 aromatic rings. The van der Waals surface area contributed by atoms with Gasteiger partial charge in [0.25, 0.3) is 0 Å². The van der Waals surface area contributed by atoms with Crippen LogP contribution in [0.2, 0.25) is 0 Å². The van der Waals surface area contributed by atoms with Gasteiger partial charge in [0.05, 0.1) is 0 Å². The fraction of sp³-hybridized carbons (Fsp3) is 0.429. The minimum Gasteiger partial charge on any atom is -0.304 e. The van der Waals surface area contributed by atoms with E-state index in [9.17, 15) is 0 Å². The van der Waals surface area contributed by atoms with Crippen LogP contribution in [-0.4, -0.2) is 19.9 Å². The molecule has 2 aromatic carbocycles. The molecule has 1 radical (unpaired) electrons. The van der Waals surface area contributed by atoms with E-state index in [4.69, 9.17) is 19.9 Å². The van der Waals surface area contributed by atoms with Crippen LogP contribution in [0.3, 0.4) is 0 Å². The van der Waals surface area contributed by atoms with Crippen LogP contribution in [0, 0.1) is 11.5 Å². The first kappa shape index (κ1) is 28.8. The quantitative estimate of drug-likeness (QED) is 0.199. The second-order valence-electron chi connectivity index (χ2n) is 13.0. The SMILES string of the molecule is CC1(C)c2c[c-]c(-c3ccc(-c4nc(-c5ccccc5)nc(C5CCCCC5)n4)cn3)cc2C(C)(C)C1(C)C.[Ir]. The van der Waals surface area contributed by atoms with Crippen molar-refractivity contribution in [1.29, 1.82) is 0 Å². The Bertz CT molecular complexity index is 1500. The van der Waals surface area contributed by atoms with Crippen LogP contribution in [0.5, 0.6) is 0 Å². The Balaban J connectivity index is 0.00000323. The summed E-state index contributed by atoms with van der Waals surface area (Å²) in [6.45, 7) is 14.2. The average molecular weight is 708 g/mol. The molecule has 0 bridgehead atoms. The molecule has 2 aromatic heterocycles. The zero-order valence-electron chi connectivity index (χ0n) is 24.5. The van der Waals surface area contributed by atoms with Crippen molar-refractivity contribution in [1.82, 2.24) is 19.9 Å². The van der Waals surface area contributed by atoms with Gasteiger partial charge in [-0.05, 0) is 34.8 Å². The van der Waals surface area contributed by atoms with Gasteiger partial charge < -0.3 is 4.98 Å². The van der Waals surface area contributed by atoms with Gasteiger partial charge >= 0.3 is 0 Å². The zero-order chi connectivity index (χ0) is 27.4. The molecule has 0 amide bonds. The summed E-state index contributed by atoms with van der Waals surface area (Å²) in [5.41, 5.74) is 6.92. The topological polar surface area (TPSA) is 51.6 Å². The monoisotopic (exact) mass is 708 g/mol. The van der Waals surface area contributed by atoms with E-state index in [0.29, 0.717) is 11.7 Å². The van der Waals surface area contributed by atoms with Gasteiger partial charge in [-0.3, -0.25) is 0 Å². The van der Waals surface area contributed by atoms with Gasteiger partial charge in [-0.1, -0.05) is 103 Å². The van der Waals surface area contributed by atoms with Crippen LogP contribution < -0.4 is 0 Å². The van der Waals surface area contributed by atoms with Crippen molar-refractivity contribution in [2.75, 3.05) is 0 Å². The standard InChI is InChI=1S/C35H39N4.Ir/c1-33(2)27-19-17-25(21-28(27)34(3,4)35(33,5)6)29-20-18-26(22-36-29)32-38-30(23-13-9-7-10-14-23)37-31(39-32)24-15-11-8-12-16-24;/h7,9-10,13-14,18-22,24H,8,11-12,15-16H2,1-6H3;/q-1;. The van der Waals surface area contributed by atoms with Crippen molar-refractivity contribution in [2.45, 2.75) is 90.4 Å². The molecular formula is C35H39IrN4-. The predicted molar refractivity (Wildman–Crippen MR) is 158 cm³/mol. The van der Waals surface area contributed by atoms with E-state index in [1.165, 1.54) is 30.4 Å². The summed E-state index contributed by atoms with van der Waals surface area (Å²) in [5, 5.41) is 0. The first-order valence-electron chi connectivity index (χ1n) is 14.4. The molecule has 0 N–H and O–H groups in total. The summed E-state index contributed by atoms with van der Waals surface area (Å²) in [6, 6.07) is 22.5. The molecule has 0 spiro atoms. The normalized spacial score (nSPS) is 19.1. The number of aromatic nitrogens is 4. The molecule has 1 fully saturated rings. The maximum atomic E-state index is 4.98. The molecule has 6 rings (SSSR count). The maximum absolute atomic E-state index is 4.98. The second kappa shape index (κ2) is 10.6. The number of fused-ring (bicyclic) bond motifs is 1. The van der Waals surface area contributed by atoms with Crippen molar-refractivity contribution in [3.63, 3.8) is 0 Å². The Kier molecular flexibility index (Phi) is 7.61. The minimum atomic E-state index is 0. The maximum Gasteiger partial charge on any atom is 0.165 e. The summed E-state index contributed by atoms with van der Waals surface area (Å²) >= 11 is 0. The third-order valence-corrected chi connectivity index (χ3v) is 10.4. The number of rotatable bonds is 4. The second-order valence-corrected chi connectivity index (χ2v) is 13.0. The number of hydrogen-bond donors (Lipinski definition) is 0. The average Bonchev–Trinajstić information content (AvgIpc) is 3.07. The van der Waals surface area contributed by atoms with E-state index < -0.39 is 0 Å². The van der Waals surface area contributed by atoms with E-state index in [1.54, 1.807) is 0 Å². The fourth-order valence-electron chi connectivity index (χ4n) is 6.59. The van der Waals surface area contributed by atoms with Crippen molar-refractivity contribution in [3.8, 4) is 34.0 Å². The first-order chi connectivity index (χ1) is 18.6.